The maximum Gasteiger partial charge on any atom is 0.264 e. The van der Waals surface area contributed by atoms with Gasteiger partial charge < -0.3 is 15.0 Å². The maximum absolute atomic E-state index is 14.6. The molecule has 0 bridgehead atoms. The Balaban J connectivity index is 1.80. The Labute approximate surface area is 293 Å². The number of hydrogen-bond donors (Lipinski definition) is 1. The highest BCUT2D eigenvalue weighted by Crippen LogP contribution is 2.28. The summed E-state index contributed by atoms with van der Waals surface area (Å²) in [6.45, 7) is 4.23. The Morgan fingerprint density at radius 3 is 2.19 bits per heavy atom. The summed E-state index contributed by atoms with van der Waals surface area (Å²) >= 11 is 8.08. The van der Waals surface area contributed by atoms with Crippen LogP contribution in [0.15, 0.2) is 113 Å². The van der Waals surface area contributed by atoms with Crippen molar-refractivity contribution in [3.05, 3.63) is 119 Å². The van der Waals surface area contributed by atoms with Crippen LogP contribution in [0.25, 0.3) is 0 Å². The van der Waals surface area contributed by atoms with E-state index in [0.717, 1.165) is 27.6 Å². The molecule has 0 spiro atoms. The van der Waals surface area contributed by atoms with Crippen molar-refractivity contribution in [2.24, 2.45) is 0 Å². The monoisotopic (exact) mass is 707 g/mol. The largest absolute Gasteiger partial charge is 0.494 e. The van der Waals surface area contributed by atoms with Crippen LogP contribution in [0.2, 0.25) is 5.02 Å². The van der Waals surface area contributed by atoms with E-state index in [9.17, 15) is 18.0 Å². The summed E-state index contributed by atoms with van der Waals surface area (Å²) in [7, 11) is -4.23. The van der Waals surface area contributed by atoms with E-state index in [1.807, 2.05) is 56.5 Å². The van der Waals surface area contributed by atoms with Gasteiger partial charge in [0.05, 0.1) is 17.2 Å². The number of benzene rings is 4. The second-order valence-corrected chi connectivity index (χ2v) is 14.2. The van der Waals surface area contributed by atoms with Gasteiger partial charge in [0, 0.05) is 29.4 Å². The standard InChI is InChI=1S/C37H42ClN3O5S2/c1-4-6-24-39-37(43)35(25-28-12-8-7-9-13-28)40(26-29-14-10-11-15-34(29)38)36(42)27-41(30-16-18-31(19-17-30)46-5-2)48(44,45)33-22-20-32(47-3)21-23-33/h7-23,35H,4-6,24-27H2,1-3H3,(H,39,43). The van der Waals surface area contributed by atoms with Crippen LogP contribution in [0, 0.1) is 0 Å². The zero-order chi connectivity index (χ0) is 34.5. The van der Waals surface area contributed by atoms with Gasteiger partial charge >= 0.3 is 0 Å². The first-order valence-electron chi connectivity index (χ1n) is 15.9. The van der Waals surface area contributed by atoms with Gasteiger partial charge in [-0.15, -0.1) is 11.8 Å². The van der Waals surface area contributed by atoms with E-state index in [2.05, 4.69) is 5.32 Å². The summed E-state index contributed by atoms with van der Waals surface area (Å²) in [6, 6.07) is 28.7. The van der Waals surface area contributed by atoms with Gasteiger partial charge in [-0.25, -0.2) is 8.42 Å². The van der Waals surface area contributed by atoms with Crippen LogP contribution in [0.4, 0.5) is 5.69 Å². The molecule has 0 heterocycles. The average molecular weight is 708 g/mol. The summed E-state index contributed by atoms with van der Waals surface area (Å²) in [5.41, 5.74) is 1.77. The van der Waals surface area contributed by atoms with Gasteiger partial charge in [0.2, 0.25) is 11.8 Å². The number of anilines is 1. The first-order valence-corrected chi connectivity index (χ1v) is 19.0. The van der Waals surface area contributed by atoms with E-state index < -0.39 is 28.5 Å². The van der Waals surface area contributed by atoms with Crippen LogP contribution in [0.5, 0.6) is 5.75 Å². The van der Waals surface area contributed by atoms with Crippen LogP contribution in [0.1, 0.15) is 37.8 Å². The average Bonchev–Trinajstić information content (AvgIpc) is 3.10. The van der Waals surface area contributed by atoms with Gasteiger partial charge in [0.25, 0.3) is 10.0 Å². The first kappa shape index (κ1) is 36.8. The molecule has 0 saturated heterocycles. The van der Waals surface area contributed by atoms with Crippen LogP contribution in [-0.4, -0.2) is 57.1 Å². The summed E-state index contributed by atoms with van der Waals surface area (Å²) in [4.78, 5) is 30.9. The fourth-order valence-electron chi connectivity index (χ4n) is 5.15. The number of sulfonamides is 1. The van der Waals surface area contributed by atoms with E-state index in [4.69, 9.17) is 16.3 Å². The number of nitrogens with one attached hydrogen (secondary N) is 1. The minimum atomic E-state index is -4.23. The fraction of sp³-hybridized carbons (Fsp3) is 0.297. The molecule has 11 heteroatoms. The molecule has 1 atom stereocenters. The lowest BCUT2D eigenvalue weighted by Gasteiger charge is -2.34. The molecule has 0 aliphatic carbocycles. The Kier molecular flexibility index (Phi) is 13.8. The molecule has 8 nitrogen and oxygen atoms in total. The minimum absolute atomic E-state index is 0.00318. The number of thioether (sulfide) groups is 1. The highest BCUT2D eigenvalue weighted by Gasteiger charge is 2.35. The van der Waals surface area contributed by atoms with Crippen molar-refractivity contribution >= 4 is 50.9 Å². The number of ether oxygens (including phenoxy) is 1. The molecule has 4 rings (SSSR count). The molecule has 0 saturated carbocycles. The van der Waals surface area contributed by atoms with E-state index in [0.29, 0.717) is 29.5 Å². The molecule has 254 valence electrons. The maximum atomic E-state index is 14.6. The summed E-state index contributed by atoms with van der Waals surface area (Å²) < 4.78 is 35.3. The molecule has 4 aromatic rings. The SMILES string of the molecule is CCCCNC(=O)C(Cc1ccccc1)N(Cc1ccccc1Cl)C(=O)CN(c1ccc(OCC)cc1)S(=O)(=O)c1ccc(SC)cc1. The molecule has 1 N–H and O–H groups in total. The van der Waals surface area contributed by atoms with Gasteiger partial charge in [-0.3, -0.25) is 13.9 Å². The van der Waals surface area contributed by atoms with E-state index in [1.165, 1.54) is 28.8 Å². The number of nitrogens with zero attached hydrogens (tertiary/aromatic N) is 2. The van der Waals surface area contributed by atoms with E-state index >= 15 is 0 Å². The van der Waals surface area contributed by atoms with Crippen molar-refractivity contribution in [1.29, 1.82) is 0 Å². The zero-order valence-electron chi connectivity index (χ0n) is 27.5. The van der Waals surface area contributed by atoms with Crippen LogP contribution in [-0.2, 0) is 32.6 Å². The predicted octanol–water partition coefficient (Wildman–Crippen LogP) is 7.21. The molecular weight excluding hydrogens is 666 g/mol. The molecular formula is C37H42ClN3O5S2. The molecule has 0 aliphatic heterocycles. The predicted molar refractivity (Wildman–Crippen MR) is 194 cm³/mol. The number of hydrogen-bond acceptors (Lipinski definition) is 6. The Hall–Kier alpha value is -3.99. The van der Waals surface area contributed by atoms with Crippen LogP contribution in [0.3, 0.4) is 0 Å². The van der Waals surface area contributed by atoms with Crippen molar-refractivity contribution in [2.45, 2.75) is 55.5 Å². The molecule has 48 heavy (non-hydrogen) atoms. The smallest absolute Gasteiger partial charge is 0.264 e. The van der Waals surface area contributed by atoms with Crippen molar-refractivity contribution in [1.82, 2.24) is 10.2 Å². The fourth-order valence-corrected chi connectivity index (χ4v) is 7.17. The molecule has 4 aromatic carbocycles. The zero-order valence-corrected chi connectivity index (χ0v) is 29.9. The summed E-state index contributed by atoms with van der Waals surface area (Å²) in [6.07, 6.45) is 3.80. The lowest BCUT2D eigenvalue weighted by molar-refractivity contribution is -0.140. The quantitative estimate of drug-likeness (QED) is 0.0921. The molecule has 0 aliphatic rings. The Morgan fingerprint density at radius 2 is 1.56 bits per heavy atom. The van der Waals surface area contributed by atoms with Crippen LogP contribution >= 0.6 is 23.4 Å². The van der Waals surface area contributed by atoms with E-state index in [-0.39, 0.29) is 29.5 Å². The molecule has 2 amide bonds. The normalized spacial score (nSPS) is 11.8. The number of carbonyl (C=O) groups excluding carboxylic acids is 2. The molecule has 0 aromatic heterocycles. The number of rotatable bonds is 17. The third-order valence-electron chi connectivity index (χ3n) is 7.76. The van der Waals surface area contributed by atoms with Crippen LogP contribution < -0.4 is 14.4 Å². The second kappa shape index (κ2) is 18.0. The number of amides is 2. The topological polar surface area (TPSA) is 96.0 Å². The minimum Gasteiger partial charge on any atom is -0.494 e. The Morgan fingerprint density at radius 1 is 0.896 bits per heavy atom. The van der Waals surface area contributed by atoms with Crippen molar-refractivity contribution in [2.75, 3.05) is 30.3 Å². The molecule has 0 fully saturated rings. The highest BCUT2D eigenvalue weighted by atomic mass is 35.5. The highest BCUT2D eigenvalue weighted by molar-refractivity contribution is 7.98. The molecule has 0 radical (unpaired) electrons. The van der Waals surface area contributed by atoms with Gasteiger partial charge in [0.15, 0.2) is 0 Å². The van der Waals surface area contributed by atoms with Crippen molar-refractivity contribution in [3.8, 4) is 5.75 Å². The van der Waals surface area contributed by atoms with Gasteiger partial charge in [0.1, 0.15) is 18.3 Å². The van der Waals surface area contributed by atoms with Gasteiger partial charge in [-0.2, -0.15) is 0 Å². The van der Waals surface area contributed by atoms with Gasteiger partial charge in [-0.05, 0) is 85.3 Å². The number of carbonyl (C=O) groups is 2. The van der Waals surface area contributed by atoms with Crippen molar-refractivity contribution in [3.63, 3.8) is 0 Å². The van der Waals surface area contributed by atoms with Crippen molar-refractivity contribution < 1.29 is 22.7 Å². The second-order valence-electron chi connectivity index (χ2n) is 11.1. The lowest BCUT2D eigenvalue weighted by Crippen LogP contribution is -2.53. The Bertz CT molecular complexity index is 1740. The lowest BCUT2D eigenvalue weighted by atomic mass is 10.0. The number of unbranched alkanes of at least 4 members (excludes halogenated alkanes) is 1. The summed E-state index contributed by atoms with van der Waals surface area (Å²) in [5, 5.41) is 3.43. The number of halogens is 1. The molecule has 1 unspecified atom stereocenters. The third kappa shape index (κ3) is 9.78. The first-order chi connectivity index (χ1) is 23.2. The van der Waals surface area contributed by atoms with Gasteiger partial charge in [-0.1, -0.05) is 73.5 Å². The summed E-state index contributed by atoms with van der Waals surface area (Å²) in [5.74, 6) is -0.309. The van der Waals surface area contributed by atoms with E-state index in [1.54, 1.807) is 54.6 Å². The third-order valence-corrected chi connectivity index (χ3v) is 10.7.